The van der Waals surface area contributed by atoms with Crippen molar-refractivity contribution < 1.29 is 13.9 Å². The molecule has 7 heteroatoms. The number of nitrogens with one attached hydrogen (secondary N) is 1. The normalized spacial score (nSPS) is 10.4. The Hall–Kier alpha value is -2.80. The fourth-order valence-corrected chi connectivity index (χ4v) is 2.77. The molecule has 1 amide bonds. The van der Waals surface area contributed by atoms with Crippen LogP contribution >= 0.6 is 11.3 Å². The van der Waals surface area contributed by atoms with Crippen molar-refractivity contribution in [2.45, 2.75) is 6.42 Å². The van der Waals surface area contributed by atoms with Gasteiger partial charge in [0.25, 0.3) is 5.91 Å². The summed E-state index contributed by atoms with van der Waals surface area (Å²) in [5.41, 5.74) is 1.13. The summed E-state index contributed by atoms with van der Waals surface area (Å²) in [6.07, 6.45) is 0.667. The molecule has 1 aromatic heterocycles. The van der Waals surface area contributed by atoms with Crippen molar-refractivity contribution in [2.75, 3.05) is 11.9 Å². The molecular weight excluding hydrogens is 329 g/mol. The molecule has 0 bridgehead atoms. The molecule has 0 aliphatic carbocycles. The molecule has 0 saturated carbocycles. The first-order valence-corrected chi connectivity index (χ1v) is 8.05. The summed E-state index contributed by atoms with van der Waals surface area (Å²) in [6.45, 7) is -0.181. The van der Waals surface area contributed by atoms with Gasteiger partial charge in [-0.15, -0.1) is 10.2 Å². The smallest absolute Gasteiger partial charge is 0.264 e. The van der Waals surface area contributed by atoms with Crippen LogP contribution in [0.2, 0.25) is 0 Å². The number of anilines is 1. The van der Waals surface area contributed by atoms with Gasteiger partial charge in [0.2, 0.25) is 5.13 Å². The maximum atomic E-state index is 12.8. The van der Waals surface area contributed by atoms with Crippen molar-refractivity contribution in [1.82, 2.24) is 10.2 Å². The van der Waals surface area contributed by atoms with Gasteiger partial charge >= 0.3 is 0 Å². The number of halogens is 1. The minimum Gasteiger partial charge on any atom is -0.484 e. The lowest BCUT2D eigenvalue weighted by Crippen LogP contribution is -2.20. The molecule has 0 saturated heterocycles. The maximum absolute atomic E-state index is 12.8. The number of amides is 1. The summed E-state index contributed by atoms with van der Waals surface area (Å²) < 4.78 is 18.1. The lowest BCUT2D eigenvalue weighted by Gasteiger charge is -2.05. The van der Waals surface area contributed by atoms with Gasteiger partial charge in [-0.25, -0.2) is 4.39 Å². The Morgan fingerprint density at radius 1 is 1.08 bits per heavy atom. The van der Waals surface area contributed by atoms with Crippen LogP contribution in [0.4, 0.5) is 9.52 Å². The summed E-state index contributed by atoms with van der Waals surface area (Å²) in [7, 11) is 0. The van der Waals surface area contributed by atoms with Gasteiger partial charge in [-0.1, -0.05) is 41.7 Å². The third-order valence-electron chi connectivity index (χ3n) is 3.09. The van der Waals surface area contributed by atoms with Gasteiger partial charge in [-0.3, -0.25) is 10.1 Å². The van der Waals surface area contributed by atoms with Crippen LogP contribution in [0.5, 0.6) is 5.75 Å². The topological polar surface area (TPSA) is 64.1 Å². The molecule has 2 aromatic carbocycles. The molecule has 0 fully saturated rings. The molecule has 0 aliphatic heterocycles. The standard InChI is InChI=1S/C17H14FN3O2S/c18-13-6-8-14(9-7-13)23-11-15(22)19-17-21-20-16(24-17)10-12-4-2-1-3-5-12/h1-9H,10-11H2,(H,19,21,22). The summed E-state index contributed by atoms with van der Waals surface area (Å²) in [4.78, 5) is 11.8. The average molecular weight is 343 g/mol. The Morgan fingerprint density at radius 3 is 2.58 bits per heavy atom. The molecule has 0 unspecified atom stereocenters. The Bertz CT molecular complexity index is 806. The number of aromatic nitrogens is 2. The highest BCUT2D eigenvalue weighted by Gasteiger charge is 2.09. The van der Waals surface area contributed by atoms with Gasteiger partial charge < -0.3 is 4.74 Å². The lowest BCUT2D eigenvalue weighted by molar-refractivity contribution is -0.118. The van der Waals surface area contributed by atoms with Gasteiger partial charge in [0, 0.05) is 6.42 Å². The fourth-order valence-electron chi connectivity index (χ4n) is 1.98. The Morgan fingerprint density at radius 2 is 1.83 bits per heavy atom. The van der Waals surface area contributed by atoms with Gasteiger partial charge in [-0.05, 0) is 29.8 Å². The van der Waals surface area contributed by atoms with E-state index in [9.17, 15) is 9.18 Å². The van der Waals surface area contributed by atoms with Crippen LogP contribution in [-0.2, 0) is 11.2 Å². The van der Waals surface area contributed by atoms with Crippen LogP contribution in [0.15, 0.2) is 54.6 Å². The molecule has 0 spiro atoms. The Kier molecular flexibility index (Phi) is 5.12. The van der Waals surface area contributed by atoms with Crippen molar-refractivity contribution in [3.8, 4) is 5.75 Å². The molecule has 3 aromatic rings. The van der Waals surface area contributed by atoms with Crippen molar-refractivity contribution in [1.29, 1.82) is 0 Å². The Labute approximate surface area is 142 Å². The second kappa shape index (κ2) is 7.65. The minimum absolute atomic E-state index is 0.181. The number of hydrogen-bond acceptors (Lipinski definition) is 5. The molecule has 0 radical (unpaired) electrons. The number of carbonyl (C=O) groups is 1. The molecule has 3 rings (SSSR count). The zero-order valence-electron chi connectivity index (χ0n) is 12.6. The van der Waals surface area contributed by atoms with E-state index in [1.165, 1.54) is 35.6 Å². The van der Waals surface area contributed by atoms with E-state index in [1.54, 1.807) is 0 Å². The molecule has 0 aliphatic rings. The van der Waals surface area contributed by atoms with E-state index >= 15 is 0 Å². The predicted molar refractivity (Wildman–Crippen MR) is 89.7 cm³/mol. The molecule has 1 heterocycles. The number of benzene rings is 2. The second-order valence-electron chi connectivity index (χ2n) is 4.95. The van der Waals surface area contributed by atoms with Gasteiger partial charge in [0.15, 0.2) is 6.61 Å². The highest BCUT2D eigenvalue weighted by Crippen LogP contribution is 2.18. The largest absolute Gasteiger partial charge is 0.484 e. The SMILES string of the molecule is O=C(COc1ccc(F)cc1)Nc1nnc(Cc2ccccc2)s1. The predicted octanol–water partition coefficient (Wildman–Crippen LogP) is 3.29. The van der Waals surface area contributed by atoms with Crippen molar-refractivity contribution in [2.24, 2.45) is 0 Å². The van der Waals surface area contributed by atoms with E-state index < -0.39 is 0 Å². The van der Waals surface area contributed by atoms with Crippen LogP contribution in [-0.4, -0.2) is 22.7 Å². The number of ether oxygens (including phenoxy) is 1. The monoisotopic (exact) mass is 343 g/mol. The molecule has 1 N–H and O–H groups in total. The fraction of sp³-hybridized carbons (Fsp3) is 0.118. The molecular formula is C17H14FN3O2S. The van der Waals surface area contributed by atoms with Gasteiger partial charge in [-0.2, -0.15) is 0 Å². The molecule has 0 atom stereocenters. The number of carbonyl (C=O) groups excluding carboxylic acids is 1. The zero-order valence-corrected chi connectivity index (χ0v) is 13.4. The van der Waals surface area contributed by atoms with E-state index in [-0.39, 0.29) is 18.3 Å². The number of rotatable bonds is 6. The highest BCUT2D eigenvalue weighted by atomic mass is 32.1. The molecule has 24 heavy (non-hydrogen) atoms. The van der Waals surface area contributed by atoms with Crippen molar-refractivity contribution >= 4 is 22.4 Å². The highest BCUT2D eigenvalue weighted by molar-refractivity contribution is 7.15. The minimum atomic E-state index is -0.355. The van der Waals surface area contributed by atoms with Crippen LogP contribution in [0.25, 0.3) is 0 Å². The quantitative estimate of drug-likeness (QED) is 0.746. The van der Waals surface area contributed by atoms with Crippen LogP contribution in [0.3, 0.4) is 0 Å². The summed E-state index contributed by atoms with van der Waals surface area (Å²) >= 11 is 1.32. The van der Waals surface area contributed by atoms with Gasteiger partial charge in [0.05, 0.1) is 0 Å². The van der Waals surface area contributed by atoms with E-state index in [4.69, 9.17) is 4.74 Å². The molecule has 5 nitrogen and oxygen atoms in total. The first-order chi connectivity index (χ1) is 11.7. The lowest BCUT2D eigenvalue weighted by atomic mass is 10.2. The van der Waals surface area contributed by atoms with E-state index in [0.717, 1.165) is 10.6 Å². The number of nitrogens with zero attached hydrogens (tertiary/aromatic N) is 2. The maximum Gasteiger partial charge on any atom is 0.264 e. The van der Waals surface area contributed by atoms with E-state index in [0.29, 0.717) is 17.3 Å². The molecule has 122 valence electrons. The number of hydrogen-bond donors (Lipinski definition) is 1. The van der Waals surface area contributed by atoms with Gasteiger partial charge in [0.1, 0.15) is 16.6 Å². The summed E-state index contributed by atoms with van der Waals surface area (Å²) in [5.74, 6) is -0.276. The summed E-state index contributed by atoms with van der Waals surface area (Å²) in [6, 6.07) is 15.4. The Balaban J connectivity index is 1.50. The van der Waals surface area contributed by atoms with Crippen LogP contribution in [0, 0.1) is 5.82 Å². The average Bonchev–Trinajstić information content (AvgIpc) is 3.02. The first kappa shape index (κ1) is 16.1. The second-order valence-corrected chi connectivity index (χ2v) is 6.02. The third-order valence-corrected chi connectivity index (χ3v) is 3.93. The van der Waals surface area contributed by atoms with E-state index in [1.807, 2.05) is 30.3 Å². The first-order valence-electron chi connectivity index (χ1n) is 7.23. The van der Waals surface area contributed by atoms with Crippen molar-refractivity contribution in [3.05, 3.63) is 71.0 Å². The van der Waals surface area contributed by atoms with E-state index in [2.05, 4.69) is 15.5 Å². The third kappa shape index (κ3) is 4.60. The van der Waals surface area contributed by atoms with Crippen molar-refractivity contribution in [3.63, 3.8) is 0 Å². The van der Waals surface area contributed by atoms with Crippen LogP contribution in [0.1, 0.15) is 10.6 Å². The van der Waals surface area contributed by atoms with Crippen LogP contribution < -0.4 is 10.1 Å². The zero-order chi connectivity index (χ0) is 16.8. The summed E-state index contributed by atoms with van der Waals surface area (Å²) in [5, 5.41) is 11.9.